The highest BCUT2D eigenvalue weighted by Crippen LogP contribution is 2.32. The zero-order valence-corrected chi connectivity index (χ0v) is 15.3. The van der Waals surface area contributed by atoms with E-state index in [4.69, 9.17) is 4.74 Å². The summed E-state index contributed by atoms with van der Waals surface area (Å²) in [5, 5.41) is 0. The highest BCUT2D eigenvalue weighted by Gasteiger charge is 2.10. The minimum Gasteiger partial charge on any atom is -0.494 e. The Balaban J connectivity index is 2.26. The molecule has 2 aromatic rings. The van der Waals surface area contributed by atoms with Gasteiger partial charge in [-0.25, -0.2) is 8.42 Å². The summed E-state index contributed by atoms with van der Waals surface area (Å²) in [6, 6.07) is 11.2. The van der Waals surface area contributed by atoms with E-state index in [2.05, 4.69) is 6.58 Å². The molecule has 0 N–H and O–H groups in total. The molecule has 0 unspecified atom stereocenters. The first-order chi connectivity index (χ1) is 11.8. The van der Waals surface area contributed by atoms with Gasteiger partial charge in [-0.2, -0.15) is 0 Å². The summed E-state index contributed by atoms with van der Waals surface area (Å²) in [4.78, 5) is 11.0. The molecule has 0 amide bonds. The van der Waals surface area contributed by atoms with Crippen molar-refractivity contribution in [3.05, 3.63) is 59.7 Å². The SMILES string of the molecule is C=Cc1cc(OCCCS(C)(=O)=O)cc(C)c1-c1cccc(C=O)c1. The smallest absolute Gasteiger partial charge is 0.150 e. The van der Waals surface area contributed by atoms with Crippen LogP contribution in [0.3, 0.4) is 0 Å². The second kappa shape index (κ2) is 8.12. The average molecular weight is 358 g/mol. The molecular weight excluding hydrogens is 336 g/mol. The molecule has 0 heterocycles. The van der Waals surface area contributed by atoms with Crippen molar-refractivity contribution in [2.24, 2.45) is 0 Å². The third-order valence-electron chi connectivity index (χ3n) is 3.80. The molecule has 0 saturated carbocycles. The first kappa shape index (κ1) is 18.9. The number of benzene rings is 2. The van der Waals surface area contributed by atoms with Crippen molar-refractivity contribution in [3.63, 3.8) is 0 Å². The minimum atomic E-state index is -2.97. The molecule has 0 radical (unpaired) electrons. The minimum absolute atomic E-state index is 0.108. The van der Waals surface area contributed by atoms with Crippen molar-refractivity contribution in [2.45, 2.75) is 13.3 Å². The zero-order valence-electron chi connectivity index (χ0n) is 14.5. The summed E-state index contributed by atoms with van der Waals surface area (Å²) in [6.07, 6.45) is 4.24. The van der Waals surface area contributed by atoms with Gasteiger partial charge in [-0.15, -0.1) is 0 Å². The first-order valence-corrected chi connectivity index (χ1v) is 10.0. The standard InChI is InChI=1S/C20H22O4S/c1-4-17-13-19(24-9-6-10-25(3,22)23)11-15(2)20(17)18-8-5-7-16(12-18)14-21/h4-5,7-8,11-14H,1,6,9-10H2,2-3H3. The predicted octanol–water partition coefficient (Wildman–Crippen LogP) is 3.93. The molecule has 0 fully saturated rings. The number of sulfone groups is 1. The molecule has 0 aliphatic heterocycles. The molecule has 2 rings (SSSR count). The largest absolute Gasteiger partial charge is 0.494 e. The van der Waals surface area contributed by atoms with Gasteiger partial charge in [0.25, 0.3) is 0 Å². The van der Waals surface area contributed by atoms with Crippen molar-refractivity contribution in [3.8, 4) is 16.9 Å². The molecule has 132 valence electrons. The zero-order chi connectivity index (χ0) is 18.4. The van der Waals surface area contributed by atoms with Crippen LogP contribution in [0.5, 0.6) is 5.75 Å². The maximum absolute atomic E-state index is 11.2. The summed E-state index contributed by atoms with van der Waals surface area (Å²) < 4.78 is 28.0. The van der Waals surface area contributed by atoms with Gasteiger partial charge in [0.05, 0.1) is 12.4 Å². The van der Waals surface area contributed by atoms with Gasteiger partial charge < -0.3 is 4.74 Å². The van der Waals surface area contributed by atoms with E-state index in [9.17, 15) is 13.2 Å². The Bertz CT molecular complexity index is 883. The lowest BCUT2D eigenvalue weighted by Gasteiger charge is -2.14. The molecule has 2 aromatic carbocycles. The quantitative estimate of drug-likeness (QED) is 0.530. The first-order valence-electron chi connectivity index (χ1n) is 7.97. The van der Waals surface area contributed by atoms with Gasteiger partial charge in [0, 0.05) is 11.8 Å². The lowest BCUT2D eigenvalue weighted by Crippen LogP contribution is -2.08. The van der Waals surface area contributed by atoms with Crippen LogP contribution in [0.25, 0.3) is 17.2 Å². The van der Waals surface area contributed by atoms with Gasteiger partial charge in [0.1, 0.15) is 21.9 Å². The second-order valence-corrected chi connectivity index (χ2v) is 8.24. The fourth-order valence-corrected chi connectivity index (χ4v) is 3.34. The maximum atomic E-state index is 11.2. The molecule has 0 spiro atoms. The number of aryl methyl sites for hydroxylation is 1. The van der Waals surface area contributed by atoms with Gasteiger partial charge in [-0.1, -0.05) is 30.9 Å². The fourth-order valence-electron chi connectivity index (χ4n) is 2.70. The molecule has 0 aliphatic rings. The molecule has 0 aromatic heterocycles. The number of rotatable bonds is 8. The van der Waals surface area contributed by atoms with Crippen LogP contribution in [0, 0.1) is 6.92 Å². The van der Waals surface area contributed by atoms with Crippen molar-refractivity contribution in [2.75, 3.05) is 18.6 Å². The molecule has 25 heavy (non-hydrogen) atoms. The van der Waals surface area contributed by atoms with Gasteiger partial charge in [-0.3, -0.25) is 4.79 Å². The average Bonchev–Trinajstić information content (AvgIpc) is 2.57. The van der Waals surface area contributed by atoms with E-state index >= 15 is 0 Å². The number of hydrogen-bond donors (Lipinski definition) is 0. The predicted molar refractivity (Wildman–Crippen MR) is 102 cm³/mol. The van der Waals surface area contributed by atoms with Crippen LogP contribution in [0.15, 0.2) is 43.0 Å². The van der Waals surface area contributed by atoms with Gasteiger partial charge in [-0.05, 0) is 53.8 Å². The Hall–Kier alpha value is -2.40. The van der Waals surface area contributed by atoms with Crippen molar-refractivity contribution in [1.82, 2.24) is 0 Å². The summed E-state index contributed by atoms with van der Waals surface area (Å²) in [7, 11) is -2.97. The van der Waals surface area contributed by atoms with E-state index in [0.717, 1.165) is 28.5 Å². The normalized spacial score (nSPS) is 11.1. The van der Waals surface area contributed by atoms with Gasteiger partial charge in [0.2, 0.25) is 0 Å². The summed E-state index contributed by atoms with van der Waals surface area (Å²) in [5.74, 6) is 0.785. The van der Waals surface area contributed by atoms with Gasteiger partial charge >= 0.3 is 0 Å². The van der Waals surface area contributed by atoms with E-state index in [1.165, 1.54) is 6.26 Å². The Morgan fingerprint density at radius 3 is 2.60 bits per heavy atom. The number of carbonyl (C=O) groups is 1. The van der Waals surface area contributed by atoms with Crippen molar-refractivity contribution >= 4 is 22.2 Å². The van der Waals surface area contributed by atoms with Crippen LogP contribution in [0.4, 0.5) is 0 Å². The summed E-state index contributed by atoms with van der Waals surface area (Å²) in [6.45, 7) is 6.17. The maximum Gasteiger partial charge on any atom is 0.150 e. The van der Waals surface area contributed by atoms with Crippen LogP contribution in [0.1, 0.15) is 27.9 Å². The molecule has 0 atom stereocenters. The number of aldehydes is 1. The second-order valence-electron chi connectivity index (χ2n) is 5.98. The topological polar surface area (TPSA) is 60.4 Å². The Labute approximate surface area is 149 Å². The van der Waals surface area contributed by atoms with E-state index < -0.39 is 9.84 Å². The Morgan fingerprint density at radius 1 is 1.20 bits per heavy atom. The molecular formula is C20H22O4S. The summed E-state index contributed by atoms with van der Waals surface area (Å²) >= 11 is 0. The van der Waals surface area contributed by atoms with Crippen LogP contribution in [-0.2, 0) is 9.84 Å². The van der Waals surface area contributed by atoms with E-state index in [0.29, 0.717) is 24.3 Å². The van der Waals surface area contributed by atoms with Crippen LogP contribution in [0.2, 0.25) is 0 Å². The van der Waals surface area contributed by atoms with E-state index in [1.807, 2.05) is 37.3 Å². The van der Waals surface area contributed by atoms with Gasteiger partial charge in [0.15, 0.2) is 0 Å². The summed E-state index contributed by atoms with van der Waals surface area (Å²) in [5.41, 5.74) is 4.47. The van der Waals surface area contributed by atoms with E-state index in [-0.39, 0.29) is 5.75 Å². The molecule has 5 heteroatoms. The number of hydrogen-bond acceptors (Lipinski definition) is 4. The third-order valence-corrected chi connectivity index (χ3v) is 4.83. The lowest BCUT2D eigenvalue weighted by molar-refractivity contribution is 0.112. The Morgan fingerprint density at radius 2 is 1.96 bits per heavy atom. The highest BCUT2D eigenvalue weighted by atomic mass is 32.2. The molecule has 0 aliphatic carbocycles. The highest BCUT2D eigenvalue weighted by molar-refractivity contribution is 7.90. The van der Waals surface area contributed by atoms with Crippen molar-refractivity contribution in [1.29, 1.82) is 0 Å². The molecule has 0 saturated heterocycles. The Kier molecular flexibility index (Phi) is 6.15. The molecule has 0 bridgehead atoms. The number of ether oxygens (including phenoxy) is 1. The van der Waals surface area contributed by atoms with E-state index in [1.54, 1.807) is 12.1 Å². The van der Waals surface area contributed by atoms with Crippen LogP contribution in [-0.4, -0.2) is 33.3 Å². The number of carbonyl (C=O) groups excluding carboxylic acids is 1. The monoisotopic (exact) mass is 358 g/mol. The lowest BCUT2D eigenvalue weighted by atomic mass is 9.93. The van der Waals surface area contributed by atoms with Crippen LogP contribution >= 0.6 is 0 Å². The fraction of sp³-hybridized carbons (Fsp3) is 0.250. The third kappa shape index (κ3) is 5.29. The van der Waals surface area contributed by atoms with Crippen molar-refractivity contribution < 1.29 is 17.9 Å². The van der Waals surface area contributed by atoms with Crippen LogP contribution < -0.4 is 4.74 Å². The molecule has 4 nitrogen and oxygen atoms in total.